The molecule has 2 rings (SSSR count). The van der Waals surface area contributed by atoms with Crippen LogP contribution in [0.2, 0.25) is 0 Å². The van der Waals surface area contributed by atoms with Crippen molar-refractivity contribution in [3.05, 3.63) is 65.7 Å². The zero-order valence-corrected chi connectivity index (χ0v) is 10.1. The van der Waals surface area contributed by atoms with Gasteiger partial charge in [-0.15, -0.1) is 0 Å². The SMILES string of the molecule is CC(Nc1cccc(CN)c1)c1ccccc1. The van der Waals surface area contributed by atoms with Crippen LogP contribution in [0.5, 0.6) is 0 Å². The van der Waals surface area contributed by atoms with Gasteiger partial charge in [0.2, 0.25) is 0 Å². The second-order valence-electron chi connectivity index (χ2n) is 4.18. The van der Waals surface area contributed by atoms with Gasteiger partial charge in [-0.05, 0) is 30.2 Å². The van der Waals surface area contributed by atoms with E-state index in [9.17, 15) is 0 Å². The Morgan fingerprint density at radius 2 is 1.82 bits per heavy atom. The number of hydrogen-bond donors (Lipinski definition) is 2. The molecule has 0 aliphatic rings. The number of rotatable bonds is 4. The first-order valence-electron chi connectivity index (χ1n) is 5.90. The zero-order valence-electron chi connectivity index (χ0n) is 10.1. The summed E-state index contributed by atoms with van der Waals surface area (Å²) in [6.45, 7) is 2.74. The van der Waals surface area contributed by atoms with Crippen LogP contribution in [0.15, 0.2) is 54.6 Å². The molecule has 0 radical (unpaired) electrons. The molecule has 0 heterocycles. The monoisotopic (exact) mass is 226 g/mol. The molecule has 0 saturated heterocycles. The maximum absolute atomic E-state index is 5.63. The third-order valence-corrected chi connectivity index (χ3v) is 2.85. The van der Waals surface area contributed by atoms with Gasteiger partial charge in [0.05, 0.1) is 0 Å². The first-order chi connectivity index (χ1) is 8.29. The van der Waals surface area contributed by atoms with E-state index in [0.29, 0.717) is 12.6 Å². The number of nitrogens with two attached hydrogens (primary N) is 1. The summed E-state index contributed by atoms with van der Waals surface area (Å²) < 4.78 is 0. The second-order valence-corrected chi connectivity index (χ2v) is 4.18. The Labute approximate surface area is 102 Å². The normalized spacial score (nSPS) is 12.1. The second kappa shape index (κ2) is 5.51. The Balaban J connectivity index is 2.10. The Hall–Kier alpha value is -1.80. The van der Waals surface area contributed by atoms with Gasteiger partial charge in [0.1, 0.15) is 0 Å². The van der Waals surface area contributed by atoms with Gasteiger partial charge in [-0.1, -0.05) is 42.5 Å². The largest absolute Gasteiger partial charge is 0.379 e. The van der Waals surface area contributed by atoms with Crippen LogP contribution in [0.1, 0.15) is 24.1 Å². The van der Waals surface area contributed by atoms with E-state index in [2.05, 4.69) is 48.6 Å². The quantitative estimate of drug-likeness (QED) is 0.839. The van der Waals surface area contributed by atoms with Crippen LogP contribution in [0.3, 0.4) is 0 Å². The van der Waals surface area contributed by atoms with E-state index in [1.54, 1.807) is 0 Å². The van der Waals surface area contributed by atoms with Gasteiger partial charge in [-0.2, -0.15) is 0 Å². The van der Waals surface area contributed by atoms with Crippen LogP contribution >= 0.6 is 0 Å². The average Bonchev–Trinajstić information content (AvgIpc) is 2.40. The fourth-order valence-electron chi connectivity index (χ4n) is 1.86. The summed E-state index contributed by atoms with van der Waals surface area (Å²) in [6, 6.07) is 18.9. The van der Waals surface area contributed by atoms with Crippen LogP contribution in [0, 0.1) is 0 Å². The molecule has 88 valence electrons. The number of benzene rings is 2. The molecule has 2 aromatic rings. The summed E-state index contributed by atoms with van der Waals surface area (Å²) in [5.41, 5.74) is 9.18. The Morgan fingerprint density at radius 3 is 2.53 bits per heavy atom. The maximum atomic E-state index is 5.63. The van der Waals surface area contributed by atoms with Crippen LogP contribution in [0.25, 0.3) is 0 Å². The number of hydrogen-bond acceptors (Lipinski definition) is 2. The van der Waals surface area contributed by atoms with Crippen molar-refractivity contribution in [2.45, 2.75) is 19.5 Å². The lowest BCUT2D eigenvalue weighted by Crippen LogP contribution is -2.07. The van der Waals surface area contributed by atoms with Crippen molar-refractivity contribution in [3.63, 3.8) is 0 Å². The smallest absolute Gasteiger partial charge is 0.0485 e. The van der Waals surface area contributed by atoms with Crippen LogP contribution in [-0.4, -0.2) is 0 Å². The van der Waals surface area contributed by atoms with Crippen molar-refractivity contribution in [1.82, 2.24) is 0 Å². The van der Waals surface area contributed by atoms with Gasteiger partial charge in [0.25, 0.3) is 0 Å². The molecule has 0 aromatic heterocycles. The van der Waals surface area contributed by atoms with E-state index in [1.165, 1.54) is 5.56 Å². The first kappa shape index (κ1) is 11.7. The van der Waals surface area contributed by atoms with Gasteiger partial charge in [0.15, 0.2) is 0 Å². The van der Waals surface area contributed by atoms with Gasteiger partial charge in [-0.3, -0.25) is 0 Å². The van der Waals surface area contributed by atoms with Crippen LogP contribution < -0.4 is 11.1 Å². The molecule has 1 atom stereocenters. The molecule has 3 N–H and O–H groups in total. The van der Waals surface area contributed by atoms with Gasteiger partial charge < -0.3 is 11.1 Å². The predicted octanol–water partition coefficient (Wildman–Crippen LogP) is 3.32. The summed E-state index contributed by atoms with van der Waals surface area (Å²) in [4.78, 5) is 0. The standard InChI is InChI=1S/C15H18N2/c1-12(14-7-3-2-4-8-14)17-15-9-5-6-13(10-15)11-16/h2-10,12,17H,11,16H2,1H3. The topological polar surface area (TPSA) is 38.0 Å². The van der Waals surface area contributed by atoms with Gasteiger partial charge >= 0.3 is 0 Å². The summed E-state index contributed by atoms with van der Waals surface area (Å²) in [5, 5.41) is 3.48. The molecule has 0 aliphatic carbocycles. The molecule has 0 amide bonds. The average molecular weight is 226 g/mol. The molecule has 2 heteroatoms. The van der Waals surface area contributed by atoms with E-state index in [4.69, 9.17) is 5.73 Å². The van der Waals surface area contributed by atoms with Crippen molar-refractivity contribution in [1.29, 1.82) is 0 Å². The Morgan fingerprint density at radius 1 is 1.06 bits per heavy atom. The summed E-state index contributed by atoms with van der Waals surface area (Å²) >= 11 is 0. The molecule has 0 aliphatic heterocycles. The van der Waals surface area contributed by atoms with Gasteiger partial charge in [-0.25, -0.2) is 0 Å². The van der Waals surface area contributed by atoms with Crippen LogP contribution in [-0.2, 0) is 6.54 Å². The molecular formula is C15H18N2. The fourth-order valence-corrected chi connectivity index (χ4v) is 1.86. The third-order valence-electron chi connectivity index (χ3n) is 2.85. The van der Waals surface area contributed by atoms with Gasteiger partial charge in [0, 0.05) is 18.3 Å². The lowest BCUT2D eigenvalue weighted by atomic mass is 10.1. The molecule has 0 saturated carbocycles. The third kappa shape index (κ3) is 3.08. The van der Waals surface area contributed by atoms with E-state index in [0.717, 1.165) is 11.3 Å². The minimum atomic E-state index is 0.296. The fraction of sp³-hybridized carbons (Fsp3) is 0.200. The highest BCUT2D eigenvalue weighted by Crippen LogP contribution is 2.19. The predicted molar refractivity (Wildman–Crippen MR) is 72.8 cm³/mol. The minimum absolute atomic E-state index is 0.296. The molecule has 0 spiro atoms. The minimum Gasteiger partial charge on any atom is -0.379 e. The van der Waals surface area contributed by atoms with Crippen molar-refractivity contribution in [2.75, 3.05) is 5.32 Å². The van der Waals surface area contributed by atoms with Crippen molar-refractivity contribution in [2.24, 2.45) is 5.73 Å². The Kier molecular flexibility index (Phi) is 3.78. The van der Waals surface area contributed by atoms with E-state index < -0.39 is 0 Å². The van der Waals surface area contributed by atoms with Crippen molar-refractivity contribution < 1.29 is 0 Å². The molecule has 0 fully saturated rings. The first-order valence-corrected chi connectivity index (χ1v) is 5.90. The summed E-state index contributed by atoms with van der Waals surface area (Å²) in [6.07, 6.45) is 0. The highest BCUT2D eigenvalue weighted by Gasteiger charge is 2.04. The summed E-state index contributed by atoms with van der Waals surface area (Å²) in [7, 11) is 0. The molecule has 2 aromatic carbocycles. The van der Waals surface area contributed by atoms with Crippen molar-refractivity contribution in [3.8, 4) is 0 Å². The van der Waals surface area contributed by atoms with E-state index in [-0.39, 0.29) is 0 Å². The molecule has 17 heavy (non-hydrogen) atoms. The highest BCUT2D eigenvalue weighted by molar-refractivity contribution is 5.47. The van der Waals surface area contributed by atoms with E-state index in [1.807, 2.05) is 18.2 Å². The molecule has 2 nitrogen and oxygen atoms in total. The molecule has 1 unspecified atom stereocenters. The molecule has 0 bridgehead atoms. The number of anilines is 1. The number of nitrogens with one attached hydrogen (secondary N) is 1. The van der Waals surface area contributed by atoms with E-state index >= 15 is 0 Å². The summed E-state index contributed by atoms with van der Waals surface area (Å²) in [5.74, 6) is 0. The molecular weight excluding hydrogens is 208 g/mol. The van der Waals surface area contributed by atoms with Crippen LogP contribution in [0.4, 0.5) is 5.69 Å². The highest BCUT2D eigenvalue weighted by atomic mass is 14.9. The lowest BCUT2D eigenvalue weighted by Gasteiger charge is -2.16. The van der Waals surface area contributed by atoms with Crippen molar-refractivity contribution >= 4 is 5.69 Å². The lowest BCUT2D eigenvalue weighted by molar-refractivity contribution is 0.883. The maximum Gasteiger partial charge on any atom is 0.0485 e. The zero-order chi connectivity index (χ0) is 12.1. The Bertz CT molecular complexity index is 465.